The molecule has 2 unspecified atom stereocenters. The Labute approximate surface area is 172 Å². The number of allylic oxidation sites excluding steroid dienone is 3. The highest BCUT2D eigenvalue weighted by Gasteiger charge is 2.43. The SMILES string of the molecule is CCC1=C(CC)C(C)(CC)C(C(N)=O)=c2oc3c(c21)C=CC(C)(CC)C=3C(N)=O. The van der Waals surface area contributed by atoms with Crippen LogP contribution >= 0.6 is 0 Å². The molecule has 1 heterocycles. The second-order valence-electron chi connectivity index (χ2n) is 8.48. The van der Waals surface area contributed by atoms with Crippen molar-refractivity contribution in [2.75, 3.05) is 0 Å². The molecular weight excluding hydrogens is 364 g/mol. The van der Waals surface area contributed by atoms with Crippen LogP contribution in [-0.2, 0) is 9.59 Å². The molecule has 0 spiro atoms. The molecule has 3 rings (SSSR count). The van der Waals surface area contributed by atoms with Gasteiger partial charge >= 0.3 is 0 Å². The quantitative estimate of drug-likeness (QED) is 0.773. The number of carbonyl (C=O) groups is 2. The van der Waals surface area contributed by atoms with Crippen LogP contribution in [0.1, 0.15) is 78.4 Å². The van der Waals surface area contributed by atoms with Gasteiger partial charge in [0.05, 0.1) is 11.1 Å². The van der Waals surface area contributed by atoms with Crippen molar-refractivity contribution in [3.05, 3.63) is 33.6 Å². The van der Waals surface area contributed by atoms with Gasteiger partial charge in [-0.3, -0.25) is 9.59 Å². The van der Waals surface area contributed by atoms with Crippen molar-refractivity contribution in [3.63, 3.8) is 0 Å². The Bertz CT molecular complexity index is 1090. The molecule has 29 heavy (non-hydrogen) atoms. The van der Waals surface area contributed by atoms with Crippen LogP contribution in [0.25, 0.3) is 22.8 Å². The van der Waals surface area contributed by atoms with E-state index in [9.17, 15) is 9.59 Å². The molecule has 4 N–H and O–H groups in total. The van der Waals surface area contributed by atoms with E-state index in [1.54, 1.807) is 0 Å². The third-order valence-electron chi connectivity index (χ3n) is 7.11. The van der Waals surface area contributed by atoms with Crippen LogP contribution < -0.4 is 22.3 Å². The minimum absolute atomic E-state index is 0.461. The standard InChI is InChI=1S/C24H32N2O3/c1-7-13-15(8-2)24(6,10-4)18(22(26)28)20-16(13)14-11-12-23(5,9-3)17(21(25)27)19(14)29-20/h11-12H,7-10H2,1-6H3,(H2,25,27)(H2,26,28). The molecule has 2 atom stereocenters. The normalized spacial score (nSPS) is 25.9. The van der Waals surface area contributed by atoms with E-state index >= 15 is 0 Å². The van der Waals surface area contributed by atoms with E-state index in [-0.39, 0.29) is 0 Å². The molecule has 0 aromatic carbocycles. The summed E-state index contributed by atoms with van der Waals surface area (Å²) in [5.74, 6) is -0.978. The maximum absolute atomic E-state index is 12.6. The molecule has 5 nitrogen and oxygen atoms in total. The van der Waals surface area contributed by atoms with Gasteiger partial charge in [0.1, 0.15) is 10.8 Å². The van der Waals surface area contributed by atoms with Gasteiger partial charge in [0.15, 0.2) is 0 Å². The topological polar surface area (TPSA) is 99.3 Å². The van der Waals surface area contributed by atoms with Crippen LogP contribution in [-0.4, -0.2) is 11.8 Å². The summed E-state index contributed by atoms with van der Waals surface area (Å²) >= 11 is 0. The number of furan rings is 1. The lowest BCUT2D eigenvalue weighted by atomic mass is 9.65. The van der Waals surface area contributed by atoms with Crippen LogP contribution in [0.2, 0.25) is 0 Å². The van der Waals surface area contributed by atoms with Gasteiger partial charge < -0.3 is 15.9 Å². The Morgan fingerprint density at radius 3 is 2.00 bits per heavy atom. The molecule has 0 bridgehead atoms. The first-order chi connectivity index (χ1) is 13.6. The van der Waals surface area contributed by atoms with Gasteiger partial charge in [0.25, 0.3) is 0 Å². The summed E-state index contributed by atoms with van der Waals surface area (Å²) in [6, 6.07) is 0. The Hall–Kier alpha value is -2.56. The highest BCUT2D eigenvalue weighted by Crippen LogP contribution is 2.48. The maximum atomic E-state index is 12.6. The minimum atomic E-state index is -0.510. The molecule has 1 aromatic heterocycles. The zero-order valence-electron chi connectivity index (χ0n) is 18.4. The van der Waals surface area contributed by atoms with Gasteiger partial charge in [-0.15, -0.1) is 0 Å². The molecule has 2 aliphatic rings. The van der Waals surface area contributed by atoms with Gasteiger partial charge in [-0.05, 0) is 31.3 Å². The molecule has 0 saturated carbocycles. The van der Waals surface area contributed by atoms with Crippen LogP contribution in [0.4, 0.5) is 0 Å². The van der Waals surface area contributed by atoms with Crippen molar-refractivity contribution in [1.29, 1.82) is 0 Å². The fourth-order valence-electron chi connectivity index (χ4n) is 5.22. The van der Waals surface area contributed by atoms with Crippen molar-refractivity contribution in [2.24, 2.45) is 22.3 Å². The number of hydrogen-bond donors (Lipinski definition) is 2. The van der Waals surface area contributed by atoms with E-state index in [2.05, 4.69) is 27.7 Å². The number of fused-ring (bicyclic) bond motifs is 3. The molecular formula is C24H32N2O3. The van der Waals surface area contributed by atoms with Gasteiger partial charge in [-0.25, -0.2) is 0 Å². The predicted molar refractivity (Wildman–Crippen MR) is 116 cm³/mol. The van der Waals surface area contributed by atoms with Crippen molar-refractivity contribution in [3.8, 4) is 0 Å². The summed E-state index contributed by atoms with van der Waals surface area (Å²) in [4.78, 5) is 25.1. The molecule has 2 amide bonds. The molecule has 2 aliphatic carbocycles. The number of amides is 2. The average molecular weight is 397 g/mol. The maximum Gasteiger partial charge on any atom is 0.249 e. The zero-order valence-corrected chi connectivity index (χ0v) is 18.4. The van der Waals surface area contributed by atoms with Crippen LogP contribution in [0.3, 0.4) is 0 Å². The highest BCUT2D eigenvalue weighted by molar-refractivity contribution is 6.17. The van der Waals surface area contributed by atoms with Crippen LogP contribution in [0.15, 0.2) is 16.1 Å². The molecule has 156 valence electrons. The number of nitrogens with two attached hydrogens (primary N) is 2. The Morgan fingerprint density at radius 1 is 0.931 bits per heavy atom. The third kappa shape index (κ3) is 2.74. The molecule has 0 fully saturated rings. The third-order valence-corrected chi connectivity index (χ3v) is 7.11. The Balaban J connectivity index is 2.65. The fourth-order valence-corrected chi connectivity index (χ4v) is 5.22. The average Bonchev–Trinajstić information content (AvgIpc) is 3.03. The molecule has 5 heteroatoms. The summed E-state index contributed by atoms with van der Waals surface area (Å²) in [6.07, 6.45) is 7.10. The van der Waals surface area contributed by atoms with Crippen LogP contribution in [0.5, 0.6) is 0 Å². The van der Waals surface area contributed by atoms with Gasteiger partial charge in [-0.1, -0.05) is 59.3 Å². The van der Waals surface area contributed by atoms with Crippen molar-refractivity contribution < 1.29 is 14.0 Å². The van der Waals surface area contributed by atoms with Crippen molar-refractivity contribution in [2.45, 2.75) is 67.2 Å². The van der Waals surface area contributed by atoms with E-state index in [1.165, 1.54) is 11.1 Å². The predicted octanol–water partition coefficient (Wildman–Crippen LogP) is 3.00. The Kier molecular flexibility index (Phi) is 5.14. The van der Waals surface area contributed by atoms with Crippen LogP contribution in [0, 0.1) is 10.8 Å². The smallest absolute Gasteiger partial charge is 0.249 e. The largest absolute Gasteiger partial charge is 0.455 e. The second kappa shape index (κ2) is 7.05. The molecule has 0 aliphatic heterocycles. The number of primary amides is 2. The van der Waals surface area contributed by atoms with E-state index in [0.29, 0.717) is 28.4 Å². The van der Waals surface area contributed by atoms with E-state index < -0.39 is 22.6 Å². The molecule has 1 aromatic rings. The van der Waals surface area contributed by atoms with E-state index in [4.69, 9.17) is 15.9 Å². The highest BCUT2D eigenvalue weighted by atomic mass is 16.3. The summed E-state index contributed by atoms with van der Waals surface area (Å²) < 4.78 is 6.33. The minimum Gasteiger partial charge on any atom is -0.455 e. The van der Waals surface area contributed by atoms with E-state index in [1.807, 2.05) is 26.0 Å². The lowest BCUT2D eigenvalue weighted by Crippen LogP contribution is -2.38. The first kappa shape index (κ1) is 21.2. The number of rotatable bonds is 6. The van der Waals surface area contributed by atoms with Crippen molar-refractivity contribution >= 4 is 34.6 Å². The lowest BCUT2D eigenvalue weighted by Gasteiger charge is -2.37. The fraction of sp³-hybridized carbons (Fsp3) is 0.500. The molecule has 0 saturated heterocycles. The summed E-state index contributed by atoms with van der Waals surface area (Å²) in [6.45, 7) is 12.4. The summed E-state index contributed by atoms with van der Waals surface area (Å²) in [5, 5.41) is 0. The summed E-state index contributed by atoms with van der Waals surface area (Å²) in [5.41, 5.74) is 16.8. The number of carbonyl (C=O) groups excluding carboxylic acids is 2. The van der Waals surface area contributed by atoms with Gasteiger partial charge in [0.2, 0.25) is 11.8 Å². The second-order valence-corrected chi connectivity index (χ2v) is 8.48. The lowest BCUT2D eigenvalue weighted by molar-refractivity contribution is -0.114. The Morgan fingerprint density at radius 2 is 1.55 bits per heavy atom. The monoisotopic (exact) mass is 396 g/mol. The number of hydrogen-bond acceptors (Lipinski definition) is 3. The summed E-state index contributed by atoms with van der Waals surface area (Å²) in [7, 11) is 0. The van der Waals surface area contributed by atoms with Gasteiger partial charge in [0, 0.05) is 22.0 Å². The first-order valence-corrected chi connectivity index (χ1v) is 10.5. The van der Waals surface area contributed by atoms with E-state index in [0.717, 1.165) is 30.4 Å². The zero-order chi connectivity index (χ0) is 21.7. The molecule has 0 radical (unpaired) electrons. The van der Waals surface area contributed by atoms with Crippen molar-refractivity contribution in [1.82, 2.24) is 0 Å². The van der Waals surface area contributed by atoms with Gasteiger partial charge in [-0.2, -0.15) is 0 Å². The first-order valence-electron chi connectivity index (χ1n) is 10.5.